The Morgan fingerprint density at radius 1 is 1.31 bits per heavy atom. The third-order valence-corrected chi connectivity index (χ3v) is 7.88. The van der Waals surface area contributed by atoms with Gasteiger partial charge in [0.25, 0.3) is 11.5 Å². The van der Waals surface area contributed by atoms with Crippen molar-refractivity contribution in [2.75, 3.05) is 6.54 Å². The maximum Gasteiger partial charge on any atom is 0.256 e. The number of halogens is 2. The lowest BCUT2D eigenvalue weighted by Gasteiger charge is -2.30. The number of hydrogen-bond acceptors (Lipinski definition) is 6. The molecule has 0 atom stereocenters. The van der Waals surface area contributed by atoms with Gasteiger partial charge in [0.1, 0.15) is 0 Å². The lowest BCUT2D eigenvalue weighted by atomic mass is 9.94. The molecule has 8 nitrogen and oxygen atoms in total. The number of nitrogens with zero attached hydrogens (tertiary/aromatic N) is 5. The normalized spacial score (nSPS) is 13.8. The van der Waals surface area contributed by atoms with Gasteiger partial charge < -0.3 is 9.88 Å². The van der Waals surface area contributed by atoms with Crippen LogP contribution in [0.3, 0.4) is 0 Å². The summed E-state index contributed by atoms with van der Waals surface area (Å²) >= 11 is 11.8. The minimum atomic E-state index is -0.206. The van der Waals surface area contributed by atoms with Crippen LogP contribution >= 0.6 is 39.1 Å². The first-order chi connectivity index (χ1) is 15.3. The molecule has 164 valence electrons. The van der Waals surface area contributed by atoms with Crippen LogP contribution in [0.2, 0.25) is 5.02 Å². The van der Waals surface area contributed by atoms with Gasteiger partial charge in [0, 0.05) is 46.5 Å². The molecule has 1 N–H and O–H groups in total. The molecule has 0 fully saturated rings. The Hall–Kier alpha value is -2.56. The topological polar surface area (TPSA) is 96.8 Å². The summed E-state index contributed by atoms with van der Waals surface area (Å²) < 4.78 is 7.62. The fourth-order valence-corrected chi connectivity index (χ4v) is 5.98. The van der Waals surface area contributed by atoms with E-state index in [4.69, 9.17) is 11.6 Å². The number of amides is 1. The zero-order valence-corrected chi connectivity index (χ0v) is 20.7. The Kier molecular flexibility index (Phi) is 5.18. The highest BCUT2D eigenvalue weighted by Crippen LogP contribution is 2.40. The summed E-state index contributed by atoms with van der Waals surface area (Å²) in [6.45, 7) is 4.37. The fourth-order valence-electron chi connectivity index (χ4n) is 4.29. The zero-order chi connectivity index (χ0) is 22.7. The van der Waals surface area contributed by atoms with Crippen molar-refractivity contribution >= 4 is 55.1 Å². The molecular weight excluding hydrogens is 516 g/mol. The van der Waals surface area contributed by atoms with E-state index in [9.17, 15) is 9.59 Å². The standard InChI is InChI=1S/C21H18BrClN6O2S/c1-9-18(28(3)27-26-9)12-6-15(22)11-4-5-29(21(31)16(11)17(12)23)8-14-13-7-24-32-19(13)10(2)25-20(14)30/h6-7H,4-5,8H2,1-3H3,(H,25,30). The molecule has 1 aliphatic rings. The van der Waals surface area contributed by atoms with E-state index in [0.717, 1.165) is 37.2 Å². The summed E-state index contributed by atoms with van der Waals surface area (Å²) in [6, 6.07) is 1.92. The van der Waals surface area contributed by atoms with Crippen molar-refractivity contribution in [2.24, 2.45) is 7.05 Å². The molecule has 0 radical (unpaired) electrons. The largest absolute Gasteiger partial charge is 0.334 e. The van der Waals surface area contributed by atoms with Crippen LogP contribution in [0.5, 0.6) is 0 Å². The summed E-state index contributed by atoms with van der Waals surface area (Å²) in [7, 11) is 1.79. The van der Waals surface area contributed by atoms with Crippen LogP contribution in [0, 0.1) is 13.8 Å². The molecule has 32 heavy (non-hydrogen) atoms. The Balaban J connectivity index is 1.60. The van der Waals surface area contributed by atoms with E-state index in [2.05, 4.69) is 35.6 Å². The molecule has 11 heteroatoms. The van der Waals surface area contributed by atoms with Crippen LogP contribution < -0.4 is 5.56 Å². The third-order valence-electron chi connectivity index (χ3n) is 5.86. The highest BCUT2D eigenvalue weighted by atomic mass is 79.9. The molecule has 0 bridgehead atoms. The minimum absolute atomic E-state index is 0.188. The first-order valence-electron chi connectivity index (χ1n) is 9.90. The van der Waals surface area contributed by atoms with E-state index in [-0.39, 0.29) is 18.0 Å². The number of rotatable bonds is 3. The average molecular weight is 534 g/mol. The first-order valence-corrected chi connectivity index (χ1v) is 11.8. The molecule has 0 spiro atoms. The predicted octanol–water partition coefficient (Wildman–Crippen LogP) is 4.01. The lowest BCUT2D eigenvalue weighted by Crippen LogP contribution is -2.39. The third kappa shape index (κ3) is 3.20. The number of H-pyrrole nitrogens is 1. The van der Waals surface area contributed by atoms with Crippen molar-refractivity contribution in [2.45, 2.75) is 26.8 Å². The van der Waals surface area contributed by atoms with E-state index in [0.29, 0.717) is 34.7 Å². The molecule has 0 saturated carbocycles. The maximum atomic E-state index is 13.6. The molecule has 1 amide bonds. The van der Waals surface area contributed by atoms with Crippen molar-refractivity contribution in [3.05, 3.63) is 60.2 Å². The number of pyridine rings is 1. The summed E-state index contributed by atoms with van der Waals surface area (Å²) in [4.78, 5) is 30.9. The monoisotopic (exact) mass is 532 g/mol. The number of aryl methyl sites for hydroxylation is 3. The highest BCUT2D eigenvalue weighted by molar-refractivity contribution is 9.10. The number of benzene rings is 1. The van der Waals surface area contributed by atoms with Gasteiger partial charge in [0.05, 0.1) is 33.2 Å². The Labute approximate surface area is 200 Å². The molecule has 0 aliphatic carbocycles. The number of carbonyl (C=O) groups is 1. The van der Waals surface area contributed by atoms with Crippen LogP contribution in [-0.4, -0.2) is 41.7 Å². The van der Waals surface area contributed by atoms with Gasteiger partial charge in [0.15, 0.2) is 0 Å². The van der Waals surface area contributed by atoms with Gasteiger partial charge in [-0.15, -0.1) is 5.10 Å². The summed E-state index contributed by atoms with van der Waals surface area (Å²) in [6.07, 6.45) is 2.32. The van der Waals surface area contributed by atoms with Crippen LogP contribution in [0.25, 0.3) is 21.3 Å². The molecule has 5 rings (SSSR count). The van der Waals surface area contributed by atoms with Gasteiger partial charge in [0.2, 0.25) is 0 Å². The van der Waals surface area contributed by atoms with Crippen molar-refractivity contribution in [1.82, 2.24) is 29.3 Å². The predicted molar refractivity (Wildman–Crippen MR) is 127 cm³/mol. The van der Waals surface area contributed by atoms with E-state index in [1.165, 1.54) is 11.5 Å². The number of hydrogen-bond donors (Lipinski definition) is 1. The Morgan fingerprint density at radius 2 is 2.09 bits per heavy atom. The second kappa shape index (κ2) is 7.79. The zero-order valence-electron chi connectivity index (χ0n) is 17.5. The summed E-state index contributed by atoms with van der Waals surface area (Å²) in [5, 5.41) is 9.32. The maximum absolute atomic E-state index is 13.6. The first kappa shape index (κ1) is 21.3. The second-order valence-electron chi connectivity index (χ2n) is 7.82. The molecule has 4 aromatic rings. The van der Waals surface area contributed by atoms with Gasteiger partial charge in [-0.1, -0.05) is 32.7 Å². The number of fused-ring (bicyclic) bond motifs is 2. The van der Waals surface area contributed by atoms with E-state index >= 15 is 0 Å². The van der Waals surface area contributed by atoms with E-state index in [1.54, 1.807) is 22.8 Å². The Bertz CT molecular complexity index is 1450. The van der Waals surface area contributed by atoms with Gasteiger partial charge >= 0.3 is 0 Å². The molecule has 0 saturated heterocycles. The summed E-state index contributed by atoms with van der Waals surface area (Å²) in [5.41, 5.74) is 4.60. The minimum Gasteiger partial charge on any atom is -0.334 e. The number of nitrogens with one attached hydrogen (secondary N) is 1. The number of aromatic amines is 1. The number of aromatic nitrogens is 5. The van der Waals surface area contributed by atoms with Crippen LogP contribution in [0.4, 0.5) is 0 Å². The van der Waals surface area contributed by atoms with Crippen molar-refractivity contribution in [1.29, 1.82) is 0 Å². The quantitative estimate of drug-likeness (QED) is 0.429. The molecule has 0 unspecified atom stereocenters. The summed E-state index contributed by atoms with van der Waals surface area (Å²) in [5.74, 6) is -0.206. The molecule has 3 aromatic heterocycles. The molecule has 4 heterocycles. The van der Waals surface area contributed by atoms with Gasteiger partial charge in [-0.2, -0.15) is 4.37 Å². The SMILES string of the molecule is Cc1nnn(C)c1-c1cc(Br)c2c(c1Cl)C(=O)N(Cc1c(=O)[nH]c(C)c3sncc13)CC2. The Morgan fingerprint density at radius 3 is 2.81 bits per heavy atom. The smallest absolute Gasteiger partial charge is 0.256 e. The van der Waals surface area contributed by atoms with E-state index in [1.807, 2.05) is 19.9 Å². The van der Waals surface area contributed by atoms with Crippen LogP contribution in [-0.2, 0) is 20.0 Å². The van der Waals surface area contributed by atoms with Gasteiger partial charge in [-0.3, -0.25) is 9.59 Å². The molecule has 1 aliphatic heterocycles. The van der Waals surface area contributed by atoms with Gasteiger partial charge in [-0.25, -0.2) is 4.68 Å². The van der Waals surface area contributed by atoms with Crippen LogP contribution in [0.15, 0.2) is 21.5 Å². The van der Waals surface area contributed by atoms with Gasteiger partial charge in [-0.05, 0) is 43.4 Å². The van der Waals surface area contributed by atoms with Crippen molar-refractivity contribution < 1.29 is 4.79 Å². The lowest BCUT2D eigenvalue weighted by molar-refractivity contribution is 0.0727. The molecular formula is C21H18BrClN6O2S. The number of carbonyl (C=O) groups excluding carboxylic acids is 1. The highest BCUT2D eigenvalue weighted by Gasteiger charge is 2.32. The molecule has 1 aromatic carbocycles. The van der Waals surface area contributed by atoms with E-state index < -0.39 is 0 Å². The fraction of sp³-hybridized carbons (Fsp3) is 0.286. The second-order valence-corrected chi connectivity index (χ2v) is 9.86. The van der Waals surface area contributed by atoms with Crippen molar-refractivity contribution in [3.8, 4) is 11.3 Å². The van der Waals surface area contributed by atoms with Crippen LogP contribution in [0.1, 0.15) is 32.9 Å². The van der Waals surface area contributed by atoms with Crippen molar-refractivity contribution in [3.63, 3.8) is 0 Å². The average Bonchev–Trinajstić information content (AvgIpc) is 3.36.